The molecule has 2 N–H and O–H groups in total. The fourth-order valence-corrected chi connectivity index (χ4v) is 5.75. The number of aliphatic imine (C=N–C) groups is 1. The highest BCUT2D eigenvalue weighted by atomic mass is 32.2. The van der Waals surface area contributed by atoms with Gasteiger partial charge in [-0.3, -0.25) is 4.99 Å². The summed E-state index contributed by atoms with van der Waals surface area (Å²) < 4.78 is 11.9. The van der Waals surface area contributed by atoms with Gasteiger partial charge in [-0.1, -0.05) is 76.2 Å². The summed E-state index contributed by atoms with van der Waals surface area (Å²) in [5.41, 5.74) is 4.77. The van der Waals surface area contributed by atoms with Crippen LogP contribution in [0.2, 0.25) is 0 Å². The number of rotatable bonds is 6. The summed E-state index contributed by atoms with van der Waals surface area (Å²) in [6.45, 7) is 14.3. The van der Waals surface area contributed by atoms with Crippen molar-refractivity contribution >= 4 is 22.6 Å². The van der Waals surface area contributed by atoms with Gasteiger partial charge in [0, 0.05) is 35.5 Å². The number of benzene rings is 2. The van der Waals surface area contributed by atoms with Gasteiger partial charge >= 0.3 is 0 Å². The maximum absolute atomic E-state index is 6.22. The Hall–Kier alpha value is -2.86. The van der Waals surface area contributed by atoms with Crippen LogP contribution in [0, 0.1) is 5.92 Å². The van der Waals surface area contributed by atoms with Crippen LogP contribution in [0.25, 0.3) is 0 Å². The maximum Gasteiger partial charge on any atom is 0.161 e. The average molecular weight is 522 g/mol. The first-order valence-corrected chi connectivity index (χ1v) is 14.1. The Kier molecular flexibility index (Phi) is 10.2. The van der Waals surface area contributed by atoms with E-state index in [1.807, 2.05) is 39.1 Å². The Morgan fingerprint density at radius 2 is 2.05 bits per heavy atom. The number of nitrogens with zero attached hydrogens (tertiary/aromatic N) is 1. The molecule has 2 heterocycles. The minimum Gasteiger partial charge on any atom is -0.496 e. The van der Waals surface area contributed by atoms with E-state index in [1.54, 1.807) is 18.9 Å². The Morgan fingerprint density at radius 3 is 2.76 bits per heavy atom. The molecule has 0 fully saturated rings. The molecule has 5 nitrogen and oxygen atoms in total. The van der Waals surface area contributed by atoms with Crippen LogP contribution in [0.4, 0.5) is 5.69 Å². The third-order valence-corrected chi connectivity index (χ3v) is 8.02. The molecule has 0 aliphatic carbocycles. The largest absolute Gasteiger partial charge is 0.496 e. The van der Waals surface area contributed by atoms with Gasteiger partial charge in [0.05, 0.1) is 25.3 Å². The summed E-state index contributed by atoms with van der Waals surface area (Å²) in [5.74, 6) is 2.06. The predicted octanol–water partition coefficient (Wildman–Crippen LogP) is 7.75. The van der Waals surface area contributed by atoms with Crippen molar-refractivity contribution < 1.29 is 9.47 Å². The van der Waals surface area contributed by atoms with Crippen molar-refractivity contribution in [3.63, 3.8) is 0 Å². The summed E-state index contributed by atoms with van der Waals surface area (Å²) in [5, 5.41) is 8.17. The van der Waals surface area contributed by atoms with Gasteiger partial charge < -0.3 is 20.1 Å². The van der Waals surface area contributed by atoms with Gasteiger partial charge in [0.2, 0.25) is 0 Å². The minimum atomic E-state index is -0.0806. The lowest BCUT2D eigenvalue weighted by Crippen LogP contribution is -2.46. The highest BCUT2D eigenvalue weighted by Gasteiger charge is 2.47. The standard InChI is InChI=1S/C29H37N3O2S.C2H6/c1-7-8-10-19(2)15-16-31-28(30-5)35-20-13-14-23-21(17-20)29(3,4)22-18-34-25-12-9-11-24(33-6)26(25)27(22)32-23;1-2/h8-15,17,22,27,32H,7,16,18H2,1-6H3,(H,30,31);1-2H3/b10-8-,19-15-;. The fourth-order valence-electron chi connectivity index (χ4n) is 4.97. The van der Waals surface area contributed by atoms with Crippen molar-refractivity contribution in [3.8, 4) is 11.5 Å². The second-order valence-electron chi connectivity index (χ2n) is 9.61. The summed E-state index contributed by atoms with van der Waals surface area (Å²) in [6, 6.07) is 12.9. The lowest BCUT2D eigenvalue weighted by Gasteiger charge is -2.48. The molecular formula is C31H43N3O2S. The van der Waals surface area contributed by atoms with E-state index in [9.17, 15) is 0 Å². The van der Waals surface area contributed by atoms with Gasteiger partial charge in [-0.2, -0.15) is 0 Å². The van der Waals surface area contributed by atoms with Gasteiger partial charge in [-0.05, 0) is 49.2 Å². The third-order valence-electron chi connectivity index (χ3n) is 7.01. The SMILES string of the molecule is CC.CC/C=C\C(C)=C/CNC(=NC)Sc1ccc2c(c1)C(C)(C)C1COc3cccc(OC)c3C1N2. The molecule has 0 saturated heterocycles. The number of allylic oxidation sites excluding steroid dienone is 3. The first kappa shape index (κ1) is 28.7. The molecule has 0 amide bonds. The zero-order chi connectivity index (χ0) is 27.0. The monoisotopic (exact) mass is 521 g/mol. The van der Waals surface area contributed by atoms with E-state index in [0.717, 1.165) is 35.2 Å². The van der Waals surface area contributed by atoms with Crippen molar-refractivity contribution in [1.29, 1.82) is 0 Å². The minimum absolute atomic E-state index is 0.0806. The first-order chi connectivity index (χ1) is 17.9. The van der Waals surface area contributed by atoms with Gasteiger partial charge in [0.1, 0.15) is 11.5 Å². The second-order valence-corrected chi connectivity index (χ2v) is 10.7. The van der Waals surface area contributed by atoms with Crippen LogP contribution in [0.15, 0.2) is 70.1 Å². The van der Waals surface area contributed by atoms with Crippen molar-refractivity contribution in [2.24, 2.45) is 10.9 Å². The lowest BCUT2D eigenvalue weighted by atomic mass is 9.65. The van der Waals surface area contributed by atoms with E-state index in [-0.39, 0.29) is 17.4 Å². The van der Waals surface area contributed by atoms with E-state index in [0.29, 0.717) is 6.61 Å². The van der Waals surface area contributed by atoms with Crippen LogP contribution in [0.3, 0.4) is 0 Å². The Balaban J connectivity index is 0.00000186. The molecular weight excluding hydrogens is 478 g/mol. The number of anilines is 1. The van der Waals surface area contributed by atoms with Crippen molar-refractivity contribution in [1.82, 2.24) is 5.32 Å². The summed E-state index contributed by atoms with van der Waals surface area (Å²) in [7, 11) is 3.56. The Bertz CT molecular complexity index is 1140. The number of methoxy groups -OCH3 is 1. The van der Waals surface area contributed by atoms with E-state index < -0.39 is 0 Å². The number of thioether (sulfide) groups is 1. The molecule has 37 heavy (non-hydrogen) atoms. The zero-order valence-corrected chi connectivity index (χ0v) is 24.5. The number of hydrogen-bond donors (Lipinski definition) is 2. The van der Waals surface area contributed by atoms with E-state index in [4.69, 9.17) is 9.47 Å². The molecule has 4 rings (SSSR count). The van der Waals surface area contributed by atoms with Crippen LogP contribution in [0.1, 0.15) is 65.1 Å². The van der Waals surface area contributed by atoms with Crippen LogP contribution < -0.4 is 20.1 Å². The summed E-state index contributed by atoms with van der Waals surface area (Å²) in [4.78, 5) is 5.64. The maximum atomic E-state index is 6.22. The topological polar surface area (TPSA) is 54.9 Å². The second kappa shape index (κ2) is 13.1. The predicted molar refractivity (Wildman–Crippen MR) is 160 cm³/mol. The molecule has 0 saturated carbocycles. The third kappa shape index (κ3) is 6.35. The van der Waals surface area contributed by atoms with Gasteiger partial charge in [-0.15, -0.1) is 0 Å². The summed E-state index contributed by atoms with van der Waals surface area (Å²) in [6.07, 6.45) is 7.57. The highest BCUT2D eigenvalue weighted by Crippen LogP contribution is 2.54. The van der Waals surface area contributed by atoms with Gasteiger partial charge in [0.25, 0.3) is 0 Å². The van der Waals surface area contributed by atoms with Crippen molar-refractivity contribution in [2.75, 3.05) is 32.6 Å². The Labute approximate surface area is 227 Å². The molecule has 2 aromatic rings. The molecule has 2 aliphatic rings. The molecule has 2 atom stereocenters. The summed E-state index contributed by atoms with van der Waals surface area (Å²) >= 11 is 1.67. The number of nitrogens with one attached hydrogen (secondary N) is 2. The van der Waals surface area contributed by atoms with Gasteiger partial charge in [0.15, 0.2) is 5.17 Å². The normalized spacial score (nSPS) is 19.9. The van der Waals surface area contributed by atoms with Crippen LogP contribution in [-0.2, 0) is 5.41 Å². The molecule has 2 unspecified atom stereocenters. The fraction of sp³-hybridized carbons (Fsp3) is 0.452. The van der Waals surface area contributed by atoms with E-state index >= 15 is 0 Å². The first-order valence-electron chi connectivity index (χ1n) is 13.3. The molecule has 200 valence electrons. The molecule has 2 aromatic carbocycles. The number of ether oxygens (including phenoxy) is 2. The molecule has 0 spiro atoms. The van der Waals surface area contributed by atoms with Gasteiger partial charge in [-0.25, -0.2) is 0 Å². The lowest BCUT2D eigenvalue weighted by molar-refractivity contribution is 0.133. The van der Waals surface area contributed by atoms with Crippen molar-refractivity contribution in [2.45, 2.75) is 64.3 Å². The van der Waals surface area contributed by atoms with Crippen LogP contribution in [0.5, 0.6) is 11.5 Å². The molecule has 6 heteroatoms. The molecule has 2 aliphatic heterocycles. The number of amidine groups is 1. The molecule has 0 aromatic heterocycles. The van der Waals surface area contributed by atoms with Crippen LogP contribution >= 0.6 is 11.8 Å². The molecule has 0 radical (unpaired) electrons. The van der Waals surface area contributed by atoms with Crippen LogP contribution in [-0.4, -0.2) is 32.5 Å². The van der Waals surface area contributed by atoms with Crippen molar-refractivity contribution in [3.05, 3.63) is 71.3 Å². The molecule has 0 bridgehead atoms. The van der Waals surface area contributed by atoms with E-state index in [2.05, 4.69) is 79.7 Å². The number of fused-ring (bicyclic) bond motifs is 4. The quantitative estimate of drug-likeness (QED) is 0.176. The highest BCUT2D eigenvalue weighted by molar-refractivity contribution is 8.13. The number of hydrogen-bond acceptors (Lipinski definition) is 5. The smallest absolute Gasteiger partial charge is 0.161 e. The zero-order valence-electron chi connectivity index (χ0n) is 23.6. The average Bonchev–Trinajstić information content (AvgIpc) is 2.92. The Morgan fingerprint density at radius 1 is 1.27 bits per heavy atom. The van der Waals surface area contributed by atoms with E-state index in [1.165, 1.54) is 21.7 Å².